The zero-order valence-electron chi connectivity index (χ0n) is 15.8. The number of benzene rings is 1. The van der Waals surface area contributed by atoms with E-state index in [1.807, 2.05) is 13.0 Å². The van der Waals surface area contributed by atoms with Gasteiger partial charge in [0.2, 0.25) is 11.8 Å². The van der Waals surface area contributed by atoms with Crippen molar-refractivity contribution in [2.24, 2.45) is 5.92 Å². The lowest BCUT2D eigenvalue weighted by atomic mass is 9.90. The normalized spacial score (nSPS) is 15.7. The van der Waals surface area contributed by atoms with Gasteiger partial charge in [-0.25, -0.2) is 4.39 Å². The van der Waals surface area contributed by atoms with Crippen LogP contribution in [0, 0.1) is 11.7 Å². The molecule has 1 saturated heterocycles. The van der Waals surface area contributed by atoms with Crippen molar-refractivity contribution >= 4 is 11.8 Å². The van der Waals surface area contributed by atoms with E-state index in [9.17, 15) is 14.0 Å². The van der Waals surface area contributed by atoms with Gasteiger partial charge in [-0.05, 0) is 62.4 Å². The number of rotatable bonds is 8. The summed E-state index contributed by atoms with van der Waals surface area (Å²) in [5.41, 5.74) is 1.04. The zero-order valence-corrected chi connectivity index (χ0v) is 15.8. The Morgan fingerprint density at radius 3 is 2.69 bits per heavy atom. The minimum atomic E-state index is -0.184. The fraction of sp³-hybridized carbons (Fsp3) is 0.600. The molecule has 2 amide bonds. The lowest BCUT2D eigenvalue weighted by Crippen LogP contribution is -2.45. The molecule has 0 bridgehead atoms. The molecule has 1 aromatic rings. The van der Waals surface area contributed by atoms with Crippen LogP contribution in [0.2, 0.25) is 0 Å². The Morgan fingerprint density at radius 1 is 1.31 bits per heavy atom. The van der Waals surface area contributed by atoms with Crippen molar-refractivity contribution in [1.82, 2.24) is 15.1 Å². The quantitative estimate of drug-likeness (QED) is 0.769. The number of halogens is 1. The van der Waals surface area contributed by atoms with E-state index < -0.39 is 0 Å². The summed E-state index contributed by atoms with van der Waals surface area (Å²) in [4.78, 5) is 27.6. The smallest absolute Gasteiger partial charge is 0.239 e. The van der Waals surface area contributed by atoms with Crippen LogP contribution < -0.4 is 5.32 Å². The second-order valence-electron chi connectivity index (χ2n) is 7.15. The standard InChI is InChI=1S/C20H30FN3O2/c1-3-9-22-19(25)14-23(2)20(26)15-24-10-7-16(8-11-24)12-17-5-4-6-18(21)13-17/h4-6,13,16H,3,7-12,14-15H2,1-2H3,(H,22,25). The van der Waals surface area contributed by atoms with Gasteiger partial charge in [0.05, 0.1) is 13.1 Å². The molecule has 0 aliphatic carbocycles. The van der Waals surface area contributed by atoms with Crippen molar-refractivity contribution in [2.75, 3.05) is 39.8 Å². The van der Waals surface area contributed by atoms with Crippen molar-refractivity contribution in [1.29, 1.82) is 0 Å². The third-order valence-corrected chi connectivity index (χ3v) is 4.86. The van der Waals surface area contributed by atoms with E-state index in [0.717, 1.165) is 44.3 Å². The number of carbonyl (C=O) groups is 2. The summed E-state index contributed by atoms with van der Waals surface area (Å²) in [7, 11) is 1.67. The summed E-state index contributed by atoms with van der Waals surface area (Å²) in [6, 6.07) is 6.80. The third-order valence-electron chi connectivity index (χ3n) is 4.86. The number of nitrogens with zero attached hydrogens (tertiary/aromatic N) is 2. The molecule has 5 nitrogen and oxygen atoms in total. The molecule has 1 heterocycles. The van der Waals surface area contributed by atoms with Crippen molar-refractivity contribution in [2.45, 2.75) is 32.6 Å². The van der Waals surface area contributed by atoms with Crippen molar-refractivity contribution in [3.63, 3.8) is 0 Å². The number of likely N-dealkylation sites (N-methyl/N-ethyl adjacent to an activating group) is 1. The Balaban J connectivity index is 1.70. The zero-order chi connectivity index (χ0) is 18.9. The molecule has 2 rings (SSSR count). The van der Waals surface area contributed by atoms with Crippen LogP contribution in [0.3, 0.4) is 0 Å². The maximum absolute atomic E-state index is 13.3. The van der Waals surface area contributed by atoms with Crippen LogP contribution in [0.15, 0.2) is 24.3 Å². The fourth-order valence-corrected chi connectivity index (χ4v) is 3.28. The van der Waals surface area contributed by atoms with E-state index in [4.69, 9.17) is 0 Å². The minimum Gasteiger partial charge on any atom is -0.355 e. The lowest BCUT2D eigenvalue weighted by Gasteiger charge is -2.32. The second kappa shape index (κ2) is 10.3. The molecule has 0 unspecified atom stereocenters. The molecule has 26 heavy (non-hydrogen) atoms. The Morgan fingerprint density at radius 2 is 2.04 bits per heavy atom. The van der Waals surface area contributed by atoms with Crippen LogP contribution >= 0.6 is 0 Å². The molecule has 0 radical (unpaired) electrons. The Bertz CT molecular complexity index is 600. The van der Waals surface area contributed by atoms with Gasteiger partial charge >= 0.3 is 0 Å². The number of carbonyl (C=O) groups excluding carboxylic acids is 2. The highest BCUT2D eigenvalue weighted by atomic mass is 19.1. The average Bonchev–Trinajstić information content (AvgIpc) is 2.61. The first-order valence-electron chi connectivity index (χ1n) is 9.45. The topological polar surface area (TPSA) is 52.7 Å². The van der Waals surface area contributed by atoms with Gasteiger partial charge in [-0.2, -0.15) is 0 Å². The van der Waals surface area contributed by atoms with Gasteiger partial charge in [0.1, 0.15) is 5.82 Å². The number of likely N-dealkylation sites (tertiary alicyclic amines) is 1. The SMILES string of the molecule is CCCNC(=O)CN(C)C(=O)CN1CCC(Cc2cccc(F)c2)CC1. The van der Waals surface area contributed by atoms with Crippen molar-refractivity contribution in [3.05, 3.63) is 35.6 Å². The van der Waals surface area contributed by atoms with E-state index in [1.54, 1.807) is 19.2 Å². The molecule has 144 valence electrons. The fourth-order valence-electron chi connectivity index (χ4n) is 3.28. The average molecular weight is 363 g/mol. The van der Waals surface area contributed by atoms with E-state index in [1.165, 1.54) is 11.0 Å². The van der Waals surface area contributed by atoms with Crippen LogP contribution in [-0.2, 0) is 16.0 Å². The van der Waals surface area contributed by atoms with Gasteiger partial charge in [0, 0.05) is 13.6 Å². The van der Waals surface area contributed by atoms with Crippen molar-refractivity contribution < 1.29 is 14.0 Å². The minimum absolute atomic E-state index is 0.0276. The Hall–Kier alpha value is -1.95. The number of nitrogens with one attached hydrogen (secondary N) is 1. The molecule has 1 aliphatic rings. The largest absolute Gasteiger partial charge is 0.355 e. The second-order valence-corrected chi connectivity index (χ2v) is 7.15. The molecule has 1 N–H and O–H groups in total. The maximum atomic E-state index is 13.3. The first-order chi connectivity index (χ1) is 12.5. The third kappa shape index (κ3) is 6.75. The van der Waals surface area contributed by atoms with Crippen LogP contribution in [0.4, 0.5) is 4.39 Å². The van der Waals surface area contributed by atoms with E-state index in [0.29, 0.717) is 19.0 Å². The van der Waals surface area contributed by atoms with Crippen LogP contribution in [-0.4, -0.2) is 61.4 Å². The molecule has 1 aliphatic heterocycles. The first kappa shape index (κ1) is 20.4. The monoisotopic (exact) mass is 363 g/mol. The Labute approximate surface area is 155 Å². The Kier molecular flexibility index (Phi) is 8.04. The number of hydrogen-bond donors (Lipinski definition) is 1. The highest BCUT2D eigenvalue weighted by Gasteiger charge is 2.23. The molecular weight excluding hydrogens is 333 g/mol. The molecule has 0 saturated carbocycles. The molecule has 0 spiro atoms. The summed E-state index contributed by atoms with van der Waals surface area (Å²) < 4.78 is 13.3. The van der Waals surface area contributed by atoms with Gasteiger partial charge in [0.25, 0.3) is 0 Å². The van der Waals surface area contributed by atoms with Crippen LogP contribution in [0.5, 0.6) is 0 Å². The highest BCUT2D eigenvalue weighted by molar-refractivity contribution is 5.85. The highest BCUT2D eigenvalue weighted by Crippen LogP contribution is 2.22. The van der Waals surface area contributed by atoms with Gasteiger partial charge in [-0.3, -0.25) is 14.5 Å². The van der Waals surface area contributed by atoms with Crippen LogP contribution in [0.1, 0.15) is 31.7 Å². The summed E-state index contributed by atoms with van der Waals surface area (Å²) >= 11 is 0. The number of piperidine rings is 1. The number of amides is 2. The molecular formula is C20H30FN3O2. The summed E-state index contributed by atoms with van der Waals surface area (Å²) in [5.74, 6) is 0.203. The number of hydrogen-bond acceptors (Lipinski definition) is 3. The van der Waals surface area contributed by atoms with Gasteiger partial charge in [-0.1, -0.05) is 19.1 Å². The van der Waals surface area contributed by atoms with Crippen LogP contribution in [0.25, 0.3) is 0 Å². The summed E-state index contributed by atoms with van der Waals surface area (Å²) in [6.07, 6.45) is 3.78. The van der Waals surface area contributed by atoms with Gasteiger partial charge in [-0.15, -0.1) is 0 Å². The summed E-state index contributed by atoms with van der Waals surface area (Å²) in [6.45, 7) is 4.81. The summed E-state index contributed by atoms with van der Waals surface area (Å²) in [5, 5.41) is 2.78. The molecule has 6 heteroatoms. The maximum Gasteiger partial charge on any atom is 0.239 e. The van der Waals surface area contributed by atoms with Gasteiger partial charge < -0.3 is 10.2 Å². The van der Waals surface area contributed by atoms with Gasteiger partial charge in [0.15, 0.2) is 0 Å². The van der Waals surface area contributed by atoms with E-state index in [-0.39, 0.29) is 24.2 Å². The first-order valence-corrected chi connectivity index (χ1v) is 9.45. The molecule has 1 fully saturated rings. The predicted octanol–water partition coefficient (Wildman–Crippen LogP) is 2.06. The molecule has 0 atom stereocenters. The lowest BCUT2D eigenvalue weighted by molar-refractivity contribution is -0.135. The molecule has 1 aromatic carbocycles. The van der Waals surface area contributed by atoms with Crippen molar-refractivity contribution in [3.8, 4) is 0 Å². The van der Waals surface area contributed by atoms with E-state index in [2.05, 4.69) is 10.2 Å². The molecule has 0 aromatic heterocycles. The predicted molar refractivity (Wildman–Crippen MR) is 100 cm³/mol. The van der Waals surface area contributed by atoms with E-state index >= 15 is 0 Å².